The van der Waals surface area contributed by atoms with E-state index in [-0.39, 0.29) is 70.8 Å². The van der Waals surface area contributed by atoms with Crippen LogP contribution >= 0.6 is 0 Å². The third kappa shape index (κ3) is 10.5. The number of hydrogen-bond donors (Lipinski definition) is 6. The van der Waals surface area contributed by atoms with Crippen LogP contribution in [-0.2, 0) is 14.4 Å². The molecule has 0 aliphatic carbocycles. The first kappa shape index (κ1) is 38.3. The Balaban J connectivity index is 1.82. The van der Waals surface area contributed by atoms with Crippen molar-refractivity contribution < 1.29 is 28.8 Å². The van der Waals surface area contributed by atoms with E-state index in [9.17, 15) is 28.8 Å². The minimum atomic E-state index is -1.01. The lowest BCUT2D eigenvalue weighted by Gasteiger charge is -2.26. The predicted octanol–water partition coefficient (Wildman–Crippen LogP) is 5.35. The van der Waals surface area contributed by atoms with Gasteiger partial charge in [0.2, 0.25) is 17.7 Å². The molecule has 0 saturated heterocycles. The highest BCUT2D eigenvalue weighted by atomic mass is 16.2. The number of rotatable bonds is 6. The number of amides is 6. The summed E-state index contributed by atoms with van der Waals surface area (Å²) in [5, 5.41) is 16.9. The van der Waals surface area contributed by atoms with Crippen LogP contribution < -0.4 is 31.9 Å². The lowest BCUT2D eigenvalue weighted by Crippen LogP contribution is -2.53. The molecule has 0 bridgehead atoms. The first-order valence-electron chi connectivity index (χ1n) is 17.4. The molecule has 0 radical (unpaired) electrons. The molecule has 3 atom stereocenters. The smallest absolute Gasteiger partial charge is 0.257 e. The van der Waals surface area contributed by atoms with E-state index in [2.05, 4.69) is 31.9 Å². The Bertz CT molecular complexity index is 1770. The van der Waals surface area contributed by atoms with Crippen molar-refractivity contribution in [2.45, 2.75) is 78.9 Å². The average molecular weight is 697 g/mol. The van der Waals surface area contributed by atoms with Crippen molar-refractivity contribution in [3.8, 4) is 0 Å². The second kappa shape index (κ2) is 17.4. The molecular weight excluding hydrogens is 648 g/mol. The Morgan fingerprint density at radius 3 is 1.12 bits per heavy atom. The van der Waals surface area contributed by atoms with Gasteiger partial charge in [-0.1, -0.05) is 77.9 Å². The van der Waals surface area contributed by atoms with E-state index >= 15 is 0 Å². The van der Waals surface area contributed by atoms with Crippen LogP contribution in [0, 0.1) is 17.8 Å². The summed E-state index contributed by atoms with van der Waals surface area (Å²) in [6.45, 7) is 11.5. The van der Waals surface area contributed by atoms with Crippen molar-refractivity contribution in [2.75, 3.05) is 16.0 Å². The SMILES string of the molecule is CC(C)CC1NC(=O)c2ccccc2NC(=O)[C@H](CC(C)C)NC(=O)C(CC(C)C)NC(=O)c2ccccc2NC(=O)c2ccccc2NC1=O. The van der Waals surface area contributed by atoms with Crippen LogP contribution in [0.3, 0.4) is 0 Å². The van der Waals surface area contributed by atoms with Crippen LogP contribution in [-0.4, -0.2) is 53.6 Å². The normalized spacial score (nSPS) is 19.4. The molecule has 12 heteroatoms. The van der Waals surface area contributed by atoms with Crippen LogP contribution in [0.25, 0.3) is 0 Å². The molecule has 270 valence electrons. The molecular formula is C39H48N6O6. The predicted molar refractivity (Wildman–Crippen MR) is 197 cm³/mol. The largest absolute Gasteiger partial charge is 0.342 e. The van der Waals surface area contributed by atoms with Gasteiger partial charge in [0, 0.05) is 0 Å². The zero-order valence-corrected chi connectivity index (χ0v) is 30.0. The molecule has 1 aliphatic heterocycles. The molecule has 6 N–H and O–H groups in total. The van der Waals surface area contributed by atoms with Gasteiger partial charge in [0.05, 0.1) is 33.8 Å². The molecule has 6 amide bonds. The number of fused-ring (bicyclic) bond motifs is 3. The summed E-state index contributed by atoms with van der Waals surface area (Å²) < 4.78 is 0. The molecule has 51 heavy (non-hydrogen) atoms. The maximum absolute atomic E-state index is 13.8. The molecule has 0 spiro atoms. The highest BCUT2D eigenvalue weighted by molar-refractivity contribution is 6.14. The molecule has 0 aromatic heterocycles. The van der Waals surface area contributed by atoms with E-state index in [4.69, 9.17) is 0 Å². The van der Waals surface area contributed by atoms with Crippen molar-refractivity contribution >= 4 is 52.5 Å². The van der Waals surface area contributed by atoms with Crippen molar-refractivity contribution in [1.29, 1.82) is 0 Å². The molecule has 0 saturated carbocycles. The number of para-hydroxylation sites is 3. The van der Waals surface area contributed by atoms with E-state index in [1.807, 2.05) is 41.5 Å². The summed E-state index contributed by atoms with van der Waals surface area (Å²) in [5.41, 5.74) is 0.957. The lowest BCUT2D eigenvalue weighted by molar-refractivity contribution is -0.128. The molecule has 2 unspecified atom stereocenters. The monoisotopic (exact) mass is 696 g/mol. The quantitative estimate of drug-likeness (QED) is 0.203. The van der Waals surface area contributed by atoms with Gasteiger partial charge in [-0.25, -0.2) is 0 Å². The van der Waals surface area contributed by atoms with Gasteiger partial charge < -0.3 is 31.9 Å². The number of nitrogens with one attached hydrogen (secondary N) is 6. The summed E-state index contributed by atoms with van der Waals surface area (Å²) in [5.74, 6) is -3.41. The molecule has 1 heterocycles. The van der Waals surface area contributed by atoms with Crippen LogP contribution in [0.2, 0.25) is 0 Å². The lowest BCUT2D eigenvalue weighted by atomic mass is 9.99. The van der Waals surface area contributed by atoms with Gasteiger partial charge in [0.25, 0.3) is 17.7 Å². The Morgan fingerprint density at radius 2 is 0.725 bits per heavy atom. The van der Waals surface area contributed by atoms with E-state index in [1.165, 1.54) is 18.2 Å². The van der Waals surface area contributed by atoms with Gasteiger partial charge in [-0.3, -0.25) is 28.8 Å². The molecule has 3 aromatic carbocycles. The Kier molecular flexibility index (Phi) is 13.1. The molecule has 0 fully saturated rings. The first-order chi connectivity index (χ1) is 24.2. The minimum Gasteiger partial charge on any atom is -0.342 e. The summed E-state index contributed by atoms with van der Waals surface area (Å²) in [6.07, 6.45) is 0.832. The van der Waals surface area contributed by atoms with E-state index in [0.29, 0.717) is 0 Å². The van der Waals surface area contributed by atoms with Gasteiger partial charge in [-0.2, -0.15) is 0 Å². The number of benzene rings is 3. The Labute approximate surface area is 298 Å². The molecule has 1 aliphatic rings. The van der Waals surface area contributed by atoms with Gasteiger partial charge in [0.1, 0.15) is 18.1 Å². The number of carbonyl (C=O) groups excluding carboxylic acids is 6. The van der Waals surface area contributed by atoms with Crippen LogP contribution in [0.15, 0.2) is 72.8 Å². The summed E-state index contributed by atoms with van der Waals surface area (Å²) in [4.78, 5) is 82.6. The number of anilines is 3. The van der Waals surface area contributed by atoms with Gasteiger partial charge in [-0.05, 0) is 73.4 Å². The van der Waals surface area contributed by atoms with Crippen molar-refractivity contribution in [3.05, 3.63) is 89.5 Å². The summed E-state index contributed by atoms with van der Waals surface area (Å²) >= 11 is 0. The Hall–Kier alpha value is -5.52. The molecule has 4 rings (SSSR count). The second-order valence-electron chi connectivity index (χ2n) is 14.1. The maximum atomic E-state index is 13.8. The molecule has 12 nitrogen and oxygen atoms in total. The minimum absolute atomic E-state index is 0.000488. The van der Waals surface area contributed by atoms with Crippen molar-refractivity contribution in [2.24, 2.45) is 17.8 Å². The van der Waals surface area contributed by atoms with Crippen LogP contribution in [0.5, 0.6) is 0 Å². The third-order valence-electron chi connectivity index (χ3n) is 8.28. The first-order valence-corrected chi connectivity index (χ1v) is 17.4. The fourth-order valence-corrected chi connectivity index (χ4v) is 5.85. The van der Waals surface area contributed by atoms with Crippen LogP contribution in [0.1, 0.15) is 91.9 Å². The zero-order chi connectivity index (χ0) is 37.2. The Morgan fingerprint density at radius 1 is 0.412 bits per heavy atom. The highest BCUT2D eigenvalue weighted by Gasteiger charge is 2.31. The average Bonchev–Trinajstić information content (AvgIpc) is 3.07. The highest BCUT2D eigenvalue weighted by Crippen LogP contribution is 2.23. The zero-order valence-electron chi connectivity index (χ0n) is 30.0. The van der Waals surface area contributed by atoms with E-state index in [1.54, 1.807) is 54.6 Å². The fraction of sp³-hybridized carbons (Fsp3) is 0.385. The molecule has 3 aromatic rings. The van der Waals surface area contributed by atoms with E-state index < -0.39 is 53.6 Å². The summed E-state index contributed by atoms with van der Waals surface area (Å²) in [6, 6.07) is 16.2. The van der Waals surface area contributed by atoms with Gasteiger partial charge in [-0.15, -0.1) is 0 Å². The number of carbonyl (C=O) groups is 6. The van der Waals surface area contributed by atoms with E-state index in [0.717, 1.165) is 0 Å². The second-order valence-corrected chi connectivity index (χ2v) is 14.1. The standard InChI is InChI=1S/C39H48N6O6/c1-22(2)19-31-37(49)41-29-17-11-8-14-26(29)34(46)40-28-16-10-7-13-25(28)35(47)44-32(20-23(3)4)39(51)45-33(21-24(5)6)38(50)42-30-18-12-9-15-27(30)36(48)43-31/h7-18,22-24,31-33H,19-21H2,1-6H3,(H,40,46)(H,41,49)(H,42,50)(H,43,48)(H,44,47)(H,45,51)/t31?,32?,33-/m0/s1. The third-order valence-corrected chi connectivity index (χ3v) is 8.28. The number of hydrogen-bond acceptors (Lipinski definition) is 6. The fourth-order valence-electron chi connectivity index (χ4n) is 5.85. The maximum Gasteiger partial charge on any atom is 0.257 e. The van der Waals surface area contributed by atoms with Gasteiger partial charge in [0.15, 0.2) is 0 Å². The van der Waals surface area contributed by atoms with Crippen molar-refractivity contribution in [1.82, 2.24) is 16.0 Å². The van der Waals surface area contributed by atoms with Crippen molar-refractivity contribution in [3.63, 3.8) is 0 Å². The summed E-state index contributed by atoms with van der Waals surface area (Å²) in [7, 11) is 0. The topological polar surface area (TPSA) is 175 Å². The van der Waals surface area contributed by atoms with Crippen LogP contribution in [0.4, 0.5) is 17.1 Å². The van der Waals surface area contributed by atoms with Gasteiger partial charge >= 0.3 is 0 Å².